The molecule has 0 fully saturated rings. The predicted molar refractivity (Wildman–Crippen MR) is 133 cm³/mol. The van der Waals surface area contributed by atoms with Gasteiger partial charge in [-0.25, -0.2) is 4.79 Å². The summed E-state index contributed by atoms with van der Waals surface area (Å²) in [6.45, 7) is 3.10. The number of rotatable bonds is 7. The third-order valence-electron chi connectivity index (χ3n) is 6.37. The number of benzene rings is 1. The van der Waals surface area contributed by atoms with Crippen LogP contribution in [-0.2, 0) is 30.7 Å². The van der Waals surface area contributed by atoms with Gasteiger partial charge in [0.05, 0.1) is 13.7 Å². The Hall–Kier alpha value is -3.36. The molecule has 5 rings (SSSR count). The van der Waals surface area contributed by atoms with E-state index in [0.29, 0.717) is 49.5 Å². The highest BCUT2D eigenvalue weighted by molar-refractivity contribution is 7.07. The molecule has 0 saturated heterocycles. The molecule has 1 aliphatic rings. The van der Waals surface area contributed by atoms with Gasteiger partial charge < -0.3 is 19.0 Å². The minimum absolute atomic E-state index is 0.151. The van der Waals surface area contributed by atoms with Gasteiger partial charge in [0.1, 0.15) is 11.3 Å². The van der Waals surface area contributed by atoms with E-state index in [2.05, 4.69) is 27.4 Å². The number of nitrogens with one attached hydrogen (secondary N) is 1. The molecule has 0 unspecified atom stereocenters. The van der Waals surface area contributed by atoms with Gasteiger partial charge in [0, 0.05) is 67.9 Å². The molecule has 0 amide bonds. The number of fused-ring (bicyclic) bond motifs is 2. The summed E-state index contributed by atoms with van der Waals surface area (Å²) in [7, 11) is 1.36. The van der Waals surface area contributed by atoms with Gasteiger partial charge in [-0.05, 0) is 34.0 Å². The largest absolute Gasteiger partial charge is 0.492 e. The fourth-order valence-corrected chi connectivity index (χ4v) is 5.31. The van der Waals surface area contributed by atoms with Crippen LogP contribution in [-0.4, -0.2) is 47.2 Å². The Balaban J connectivity index is 1.38. The average Bonchev–Trinajstić information content (AvgIpc) is 3.46. The van der Waals surface area contributed by atoms with Crippen molar-refractivity contribution in [3.63, 3.8) is 0 Å². The maximum atomic E-state index is 13.0. The first-order valence-corrected chi connectivity index (χ1v) is 12.3. The topological polar surface area (TPSA) is 76.6 Å². The number of aromatic nitrogens is 2. The van der Waals surface area contributed by atoms with Gasteiger partial charge in [0.25, 0.3) is 5.56 Å². The predicted octanol–water partition coefficient (Wildman–Crippen LogP) is 3.86. The van der Waals surface area contributed by atoms with Crippen LogP contribution in [0.1, 0.15) is 27.2 Å². The van der Waals surface area contributed by atoms with Crippen LogP contribution in [0, 0.1) is 0 Å². The van der Waals surface area contributed by atoms with Crippen molar-refractivity contribution in [1.82, 2.24) is 14.5 Å². The number of hydrogen-bond donors (Lipinski definition) is 1. The Morgan fingerprint density at radius 1 is 1.18 bits per heavy atom. The molecule has 0 saturated carbocycles. The van der Waals surface area contributed by atoms with Crippen molar-refractivity contribution < 1.29 is 14.3 Å². The Labute approximate surface area is 201 Å². The number of methoxy groups -OCH3 is 1. The summed E-state index contributed by atoms with van der Waals surface area (Å²) in [5, 5.41) is 5.29. The lowest BCUT2D eigenvalue weighted by molar-refractivity contribution is 0.0593. The number of carbonyl (C=O) groups excluding carboxylic acids is 1. The number of H-pyrrole nitrogens is 1. The summed E-state index contributed by atoms with van der Waals surface area (Å²) in [4.78, 5) is 31.4. The molecule has 0 spiro atoms. The quantitative estimate of drug-likeness (QED) is 0.409. The molecule has 4 heterocycles. The van der Waals surface area contributed by atoms with E-state index in [-0.39, 0.29) is 5.56 Å². The Morgan fingerprint density at radius 2 is 2.06 bits per heavy atom. The first-order valence-electron chi connectivity index (χ1n) is 11.4. The number of hydrogen-bond acceptors (Lipinski definition) is 6. The molecule has 176 valence electrons. The third kappa shape index (κ3) is 4.51. The number of ether oxygens (including phenoxy) is 2. The van der Waals surface area contributed by atoms with E-state index in [9.17, 15) is 9.59 Å². The van der Waals surface area contributed by atoms with Crippen LogP contribution >= 0.6 is 11.3 Å². The molecule has 3 aromatic heterocycles. The molecule has 0 radical (unpaired) electrons. The lowest BCUT2D eigenvalue weighted by Crippen LogP contribution is -2.29. The minimum atomic E-state index is -0.473. The van der Waals surface area contributed by atoms with E-state index in [4.69, 9.17) is 9.47 Å². The first kappa shape index (κ1) is 22.4. The fraction of sp³-hybridized carbons (Fsp3) is 0.308. The van der Waals surface area contributed by atoms with Crippen molar-refractivity contribution in [1.29, 1.82) is 0 Å². The van der Waals surface area contributed by atoms with Gasteiger partial charge in [-0.2, -0.15) is 11.3 Å². The molecule has 0 bridgehead atoms. The van der Waals surface area contributed by atoms with Gasteiger partial charge in [-0.1, -0.05) is 18.2 Å². The van der Waals surface area contributed by atoms with Crippen LogP contribution in [0.15, 0.2) is 58.1 Å². The van der Waals surface area contributed by atoms with Gasteiger partial charge in [-0.15, -0.1) is 0 Å². The van der Waals surface area contributed by atoms with Gasteiger partial charge >= 0.3 is 5.97 Å². The van der Waals surface area contributed by atoms with Crippen molar-refractivity contribution in [2.75, 3.05) is 26.8 Å². The smallest absolute Gasteiger partial charge is 0.343 e. The molecule has 8 heteroatoms. The zero-order valence-electron chi connectivity index (χ0n) is 19.1. The van der Waals surface area contributed by atoms with E-state index in [1.165, 1.54) is 29.7 Å². The summed E-state index contributed by atoms with van der Waals surface area (Å²) >= 11 is 1.63. The number of aromatic amines is 1. The molecular formula is C26H27N3O4S. The third-order valence-corrected chi connectivity index (χ3v) is 7.10. The summed E-state index contributed by atoms with van der Waals surface area (Å²) in [6, 6.07) is 11.7. The SMILES string of the molecule is COC(=O)c1c(OCCc2ccsc2)cc(=O)n2c1CCN(Cc1c[nH]c3ccccc13)CC2. The van der Waals surface area contributed by atoms with Gasteiger partial charge in [0.15, 0.2) is 0 Å². The fourth-order valence-electron chi connectivity index (χ4n) is 4.60. The molecule has 1 aliphatic heterocycles. The van der Waals surface area contributed by atoms with E-state index in [0.717, 1.165) is 18.6 Å². The van der Waals surface area contributed by atoms with Gasteiger partial charge in [-0.3, -0.25) is 9.69 Å². The van der Waals surface area contributed by atoms with Crippen molar-refractivity contribution in [2.24, 2.45) is 0 Å². The number of thiophene rings is 1. The van der Waals surface area contributed by atoms with E-state index in [1.807, 2.05) is 29.8 Å². The van der Waals surface area contributed by atoms with E-state index >= 15 is 0 Å². The summed E-state index contributed by atoms with van der Waals surface area (Å²) in [5.74, 6) is -0.164. The molecule has 1 N–H and O–H groups in total. The normalized spacial score (nSPS) is 14.0. The van der Waals surface area contributed by atoms with E-state index in [1.54, 1.807) is 15.9 Å². The van der Waals surface area contributed by atoms with Crippen LogP contribution in [0.2, 0.25) is 0 Å². The van der Waals surface area contributed by atoms with Crippen molar-refractivity contribution >= 4 is 28.2 Å². The monoisotopic (exact) mass is 477 g/mol. The molecule has 34 heavy (non-hydrogen) atoms. The molecule has 0 aliphatic carbocycles. The van der Waals surface area contributed by atoms with Crippen LogP contribution in [0.3, 0.4) is 0 Å². The highest BCUT2D eigenvalue weighted by Crippen LogP contribution is 2.26. The second-order valence-electron chi connectivity index (χ2n) is 8.43. The van der Waals surface area contributed by atoms with E-state index < -0.39 is 5.97 Å². The Kier molecular flexibility index (Phi) is 6.51. The highest BCUT2D eigenvalue weighted by Gasteiger charge is 2.26. The van der Waals surface area contributed by atoms with Crippen LogP contribution < -0.4 is 10.3 Å². The Bertz CT molecular complexity index is 1360. The van der Waals surface area contributed by atoms with Crippen molar-refractivity contribution in [3.8, 4) is 5.75 Å². The molecule has 4 aromatic rings. The lowest BCUT2D eigenvalue weighted by Gasteiger charge is -2.18. The second-order valence-corrected chi connectivity index (χ2v) is 9.21. The maximum absolute atomic E-state index is 13.0. The molecule has 7 nitrogen and oxygen atoms in total. The van der Waals surface area contributed by atoms with Crippen LogP contribution in [0.25, 0.3) is 10.9 Å². The maximum Gasteiger partial charge on any atom is 0.343 e. The summed E-state index contributed by atoms with van der Waals surface area (Å²) in [5.41, 5.74) is 4.41. The van der Waals surface area contributed by atoms with Gasteiger partial charge in [0.2, 0.25) is 0 Å². The zero-order chi connectivity index (χ0) is 23.5. The number of esters is 1. The van der Waals surface area contributed by atoms with Crippen LogP contribution in [0.4, 0.5) is 0 Å². The van der Waals surface area contributed by atoms with Crippen molar-refractivity contribution in [3.05, 3.63) is 86.1 Å². The van der Waals surface area contributed by atoms with Crippen LogP contribution in [0.5, 0.6) is 5.75 Å². The van der Waals surface area contributed by atoms with Crippen molar-refractivity contribution in [2.45, 2.75) is 25.9 Å². The first-order chi connectivity index (χ1) is 16.6. The summed E-state index contributed by atoms with van der Waals surface area (Å²) < 4.78 is 12.7. The Morgan fingerprint density at radius 3 is 2.88 bits per heavy atom. The highest BCUT2D eigenvalue weighted by atomic mass is 32.1. The molecule has 0 atom stereocenters. The summed E-state index contributed by atoms with van der Waals surface area (Å²) in [6.07, 6.45) is 3.32. The molecular weight excluding hydrogens is 450 g/mol. The second kappa shape index (κ2) is 9.87. The minimum Gasteiger partial charge on any atom is -0.492 e. The lowest BCUT2D eigenvalue weighted by atomic mass is 10.1. The zero-order valence-corrected chi connectivity index (χ0v) is 19.9. The standard InChI is InChI=1S/C26H27N3O4S/c1-32-26(31)25-22-6-9-28(16-19-15-27-21-5-3-2-4-20(19)21)10-11-29(22)24(30)14-23(25)33-12-7-18-8-13-34-17-18/h2-5,8,13-15,17,27H,6-7,9-12,16H2,1H3. The number of para-hydroxylation sites is 1. The number of carbonyl (C=O) groups is 1. The number of pyridine rings is 1. The molecule has 1 aromatic carbocycles. The number of nitrogens with zero attached hydrogens (tertiary/aromatic N) is 2. The average molecular weight is 478 g/mol.